The highest BCUT2D eigenvalue weighted by Gasteiger charge is 2.55. The maximum atomic E-state index is 12.6. The number of nitrogens with zero attached hydrogens (tertiary/aromatic N) is 3. The molecular weight excluding hydrogens is 338 g/mol. The highest BCUT2D eigenvalue weighted by molar-refractivity contribution is 5.88. The van der Waals surface area contributed by atoms with Gasteiger partial charge in [-0.15, -0.1) is 0 Å². The van der Waals surface area contributed by atoms with Gasteiger partial charge in [-0.2, -0.15) is 0 Å². The van der Waals surface area contributed by atoms with E-state index in [-0.39, 0.29) is 18.2 Å². The summed E-state index contributed by atoms with van der Waals surface area (Å²) in [6.45, 7) is 4.65. The Morgan fingerprint density at radius 2 is 1.96 bits per heavy atom. The van der Waals surface area contributed by atoms with Crippen LogP contribution in [0.4, 0.5) is 0 Å². The number of aryl methyl sites for hydroxylation is 2. The van der Waals surface area contributed by atoms with E-state index in [0.717, 1.165) is 17.0 Å². The number of carbonyl (C=O) groups is 3. The number of amides is 2. The molecule has 2 aliphatic rings. The molecule has 142 valence electrons. The Bertz CT molecular complexity index is 714. The summed E-state index contributed by atoms with van der Waals surface area (Å²) in [6, 6.07) is 0. The van der Waals surface area contributed by atoms with Crippen molar-refractivity contribution in [1.29, 1.82) is 0 Å². The van der Waals surface area contributed by atoms with Crippen LogP contribution < -0.4 is 0 Å². The van der Waals surface area contributed by atoms with Crippen LogP contribution >= 0.6 is 0 Å². The van der Waals surface area contributed by atoms with Crippen molar-refractivity contribution in [2.75, 3.05) is 20.1 Å². The van der Waals surface area contributed by atoms with Gasteiger partial charge in [-0.3, -0.25) is 14.4 Å². The zero-order valence-corrected chi connectivity index (χ0v) is 15.4. The molecule has 2 fully saturated rings. The Kier molecular flexibility index (Phi) is 4.77. The van der Waals surface area contributed by atoms with Crippen LogP contribution in [0.2, 0.25) is 0 Å². The molecule has 1 atom stereocenters. The largest absolute Gasteiger partial charge is 0.481 e. The second kappa shape index (κ2) is 6.74. The van der Waals surface area contributed by atoms with E-state index in [1.165, 1.54) is 0 Å². The molecule has 2 amide bonds. The smallest absolute Gasteiger partial charge is 0.309 e. The molecule has 3 rings (SSSR count). The van der Waals surface area contributed by atoms with E-state index in [1.807, 2.05) is 13.8 Å². The normalized spacial score (nSPS) is 22.3. The molecule has 0 radical (unpaired) electrons. The Hall–Kier alpha value is -2.38. The van der Waals surface area contributed by atoms with Gasteiger partial charge in [-0.1, -0.05) is 5.16 Å². The van der Waals surface area contributed by atoms with Crippen LogP contribution in [0.3, 0.4) is 0 Å². The molecule has 8 heteroatoms. The monoisotopic (exact) mass is 363 g/mol. The standard InChI is InChI=1S/C18H25N3O5/c1-11-13(12(2)26-19-11)4-5-15(22)21-8-6-18(7-9-21)14(17(24)25)10-16(23)20(18)3/h14H,4-10H2,1-3H3,(H,24,25)/t14-/m0/s1. The second-order valence-electron chi connectivity index (χ2n) is 7.33. The van der Waals surface area contributed by atoms with Gasteiger partial charge >= 0.3 is 5.97 Å². The Morgan fingerprint density at radius 1 is 1.31 bits per heavy atom. The molecule has 0 unspecified atom stereocenters. The average molecular weight is 363 g/mol. The van der Waals surface area contributed by atoms with Crippen LogP contribution in [0.5, 0.6) is 0 Å². The summed E-state index contributed by atoms with van der Waals surface area (Å²) >= 11 is 0. The fourth-order valence-corrected chi connectivity index (χ4v) is 4.38. The average Bonchev–Trinajstić information content (AvgIpc) is 3.05. The number of hydrogen-bond donors (Lipinski definition) is 1. The Balaban J connectivity index is 1.62. The van der Waals surface area contributed by atoms with E-state index in [4.69, 9.17) is 4.52 Å². The van der Waals surface area contributed by atoms with Crippen LogP contribution in [0.25, 0.3) is 0 Å². The first-order valence-corrected chi connectivity index (χ1v) is 8.95. The number of rotatable bonds is 4. The number of likely N-dealkylation sites (tertiary alicyclic amines) is 2. The molecule has 1 aromatic rings. The number of aromatic nitrogens is 1. The van der Waals surface area contributed by atoms with Crippen molar-refractivity contribution < 1.29 is 24.0 Å². The van der Waals surface area contributed by atoms with Crippen molar-refractivity contribution in [3.8, 4) is 0 Å². The lowest BCUT2D eigenvalue weighted by molar-refractivity contribution is -0.147. The molecule has 0 bridgehead atoms. The Morgan fingerprint density at radius 3 is 2.50 bits per heavy atom. The van der Waals surface area contributed by atoms with E-state index in [2.05, 4.69) is 5.16 Å². The number of carboxylic acid groups (broad SMARTS) is 1. The van der Waals surface area contributed by atoms with E-state index in [0.29, 0.717) is 38.8 Å². The lowest BCUT2D eigenvalue weighted by Crippen LogP contribution is -2.57. The summed E-state index contributed by atoms with van der Waals surface area (Å²) < 4.78 is 5.12. The first-order chi connectivity index (χ1) is 12.3. The molecule has 2 saturated heterocycles. The third kappa shape index (κ3) is 2.97. The fraction of sp³-hybridized carbons (Fsp3) is 0.667. The van der Waals surface area contributed by atoms with Crippen LogP contribution in [-0.4, -0.2) is 63.5 Å². The van der Waals surface area contributed by atoms with Crippen molar-refractivity contribution >= 4 is 17.8 Å². The number of carboxylic acids is 1. The summed E-state index contributed by atoms with van der Waals surface area (Å²) in [5.74, 6) is -0.974. The lowest BCUT2D eigenvalue weighted by Gasteiger charge is -2.45. The minimum absolute atomic E-state index is 0.0405. The highest BCUT2D eigenvalue weighted by atomic mass is 16.5. The van der Waals surface area contributed by atoms with E-state index in [9.17, 15) is 19.5 Å². The second-order valence-corrected chi connectivity index (χ2v) is 7.33. The zero-order chi connectivity index (χ0) is 19.1. The Labute approximate surface area is 152 Å². The van der Waals surface area contributed by atoms with Gasteiger partial charge in [0.25, 0.3) is 0 Å². The predicted octanol–water partition coefficient (Wildman–Crippen LogP) is 1.15. The minimum atomic E-state index is -0.930. The third-order valence-electron chi connectivity index (χ3n) is 6.12. The molecule has 0 saturated carbocycles. The van der Waals surface area contributed by atoms with E-state index >= 15 is 0 Å². The quantitative estimate of drug-likeness (QED) is 0.860. The molecule has 1 spiro atoms. The molecule has 1 N–H and O–H groups in total. The number of hydrogen-bond acceptors (Lipinski definition) is 5. The molecule has 26 heavy (non-hydrogen) atoms. The van der Waals surface area contributed by atoms with E-state index < -0.39 is 17.4 Å². The topological polar surface area (TPSA) is 104 Å². The minimum Gasteiger partial charge on any atom is -0.481 e. The molecule has 3 heterocycles. The zero-order valence-electron chi connectivity index (χ0n) is 15.4. The summed E-state index contributed by atoms with van der Waals surface area (Å²) in [4.78, 5) is 39.6. The number of carbonyl (C=O) groups excluding carboxylic acids is 2. The first-order valence-electron chi connectivity index (χ1n) is 8.95. The van der Waals surface area contributed by atoms with Gasteiger partial charge in [-0.05, 0) is 33.1 Å². The van der Waals surface area contributed by atoms with Gasteiger partial charge in [-0.25, -0.2) is 0 Å². The maximum absolute atomic E-state index is 12.6. The van der Waals surface area contributed by atoms with E-state index in [1.54, 1.807) is 16.8 Å². The van der Waals surface area contributed by atoms with Crippen molar-refractivity contribution in [1.82, 2.24) is 15.0 Å². The number of aliphatic carboxylic acids is 1. The predicted molar refractivity (Wildman–Crippen MR) is 91.4 cm³/mol. The summed E-state index contributed by atoms with van der Waals surface area (Å²) in [6.07, 6.45) is 2.00. The number of piperidine rings is 1. The molecule has 0 aromatic carbocycles. The van der Waals surface area contributed by atoms with Crippen molar-refractivity contribution in [2.45, 2.75) is 51.5 Å². The van der Waals surface area contributed by atoms with Crippen LogP contribution in [0.15, 0.2) is 4.52 Å². The van der Waals surface area contributed by atoms with Crippen LogP contribution in [0.1, 0.15) is 42.7 Å². The maximum Gasteiger partial charge on any atom is 0.309 e. The summed E-state index contributed by atoms with van der Waals surface area (Å²) in [7, 11) is 1.68. The fourth-order valence-electron chi connectivity index (χ4n) is 4.38. The SMILES string of the molecule is Cc1noc(C)c1CCC(=O)N1CCC2(CC1)[C@H](C(=O)O)CC(=O)N2C. The van der Waals surface area contributed by atoms with Gasteiger partial charge in [0.1, 0.15) is 5.76 Å². The lowest BCUT2D eigenvalue weighted by atomic mass is 9.77. The van der Waals surface area contributed by atoms with Crippen molar-refractivity contribution in [3.63, 3.8) is 0 Å². The molecule has 2 aliphatic heterocycles. The summed E-state index contributed by atoms with van der Waals surface area (Å²) in [5.41, 5.74) is 1.11. The molecule has 1 aromatic heterocycles. The third-order valence-corrected chi connectivity index (χ3v) is 6.12. The van der Waals surface area contributed by atoms with Crippen molar-refractivity contribution in [3.05, 3.63) is 17.0 Å². The van der Waals surface area contributed by atoms with Gasteiger partial charge in [0.05, 0.1) is 17.2 Å². The van der Waals surface area contributed by atoms with Crippen LogP contribution in [0, 0.1) is 19.8 Å². The molecule has 0 aliphatic carbocycles. The highest BCUT2D eigenvalue weighted by Crippen LogP contribution is 2.42. The van der Waals surface area contributed by atoms with Gasteiger partial charge in [0.2, 0.25) is 11.8 Å². The summed E-state index contributed by atoms with van der Waals surface area (Å²) in [5, 5.41) is 13.4. The van der Waals surface area contributed by atoms with Gasteiger partial charge in [0, 0.05) is 38.5 Å². The first kappa shape index (κ1) is 18.4. The molecular formula is C18H25N3O5. The van der Waals surface area contributed by atoms with Crippen molar-refractivity contribution in [2.24, 2.45) is 5.92 Å². The molecule has 8 nitrogen and oxygen atoms in total. The van der Waals surface area contributed by atoms with Gasteiger partial charge < -0.3 is 19.4 Å². The van der Waals surface area contributed by atoms with Gasteiger partial charge in [0.15, 0.2) is 0 Å². The van der Waals surface area contributed by atoms with Crippen LogP contribution in [-0.2, 0) is 20.8 Å².